The zero-order valence-electron chi connectivity index (χ0n) is 14.9. The summed E-state index contributed by atoms with van der Waals surface area (Å²) in [4.78, 5) is 16.3. The lowest BCUT2D eigenvalue weighted by atomic mass is 10.2. The molecule has 0 saturated heterocycles. The SMILES string of the molecule is Cc1nc(NCCCc2nc(C(C)C)no2)c2c3c(sc2n1)CCC3. The van der Waals surface area contributed by atoms with Gasteiger partial charge in [-0.05, 0) is 38.2 Å². The number of nitrogens with zero attached hydrogens (tertiary/aromatic N) is 4. The molecule has 0 bridgehead atoms. The Morgan fingerprint density at radius 1 is 1.20 bits per heavy atom. The molecule has 3 aromatic rings. The molecule has 3 heterocycles. The second kappa shape index (κ2) is 6.71. The lowest BCUT2D eigenvalue weighted by molar-refractivity contribution is 0.369. The van der Waals surface area contributed by atoms with Crippen molar-refractivity contribution in [2.24, 2.45) is 0 Å². The summed E-state index contributed by atoms with van der Waals surface area (Å²) in [5.41, 5.74) is 1.46. The number of nitrogens with one attached hydrogen (secondary N) is 1. The fraction of sp³-hybridized carbons (Fsp3) is 0.556. The summed E-state index contributed by atoms with van der Waals surface area (Å²) in [6.07, 6.45) is 5.29. The van der Waals surface area contributed by atoms with Crippen molar-refractivity contribution in [2.75, 3.05) is 11.9 Å². The first-order valence-electron chi connectivity index (χ1n) is 8.97. The van der Waals surface area contributed by atoms with Gasteiger partial charge in [0.1, 0.15) is 16.5 Å². The number of anilines is 1. The second-order valence-electron chi connectivity index (χ2n) is 6.89. The highest BCUT2D eigenvalue weighted by Crippen LogP contribution is 2.39. The summed E-state index contributed by atoms with van der Waals surface area (Å²) >= 11 is 1.83. The Balaban J connectivity index is 1.44. The van der Waals surface area contributed by atoms with Crippen LogP contribution in [-0.2, 0) is 19.3 Å². The number of aromatic nitrogens is 4. The second-order valence-corrected chi connectivity index (χ2v) is 7.97. The molecule has 0 saturated carbocycles. The maximum absolute atomic E-state index is 5.30. The van der Waals surface area contributed by atoms with Gasteiger partial charge in [-0.1, -0.05) is 19.0 Å². The molecule has 0 radical (unpaired) electrons. The lowest BCUT2D eigenvalue weighted by Gasteiger charge is -2.08. The molecule has 4 rings (SSSR count). The molecule has 0 spiro atoms. The predicted octanol–water partition coefficient (Wildman–Crippen LogP) is 4.04. The van der Waals surface area contributed by atoms with Crippen molar-refractivity contribution >= 4 is 27.4 Å². The minimum Gasteiger partial charge on any atom is -0.369 e. The molecule has 1 aliphatic carbocycles. The Bertz CT molecular complexity index is 898. The van der Waals surface area contributed by atoms with E-state index in [1.54, 1.807) is 0 Å². The van der Waals surface area contributed by atoms with E-state index in [9.17, 15) is 0 Å². The third kappa shape index (κ3) is 3.25. The summed E-state index contributed by atoms with van der Waals surface area (Å²) in [6, 6.07) is 0. The van der Waals surface area contributed by atoms with E-state index in [0.29, 0.717) is 11.8 Å². The largest absolute Gasteiger partial charge is 0.369 e. The van der Waals surface area contributed by atoms with E-state index >= 15 is 0 Å². The summed E-state index contributed by atoms with van der Waals surface area (Å²) in [7, 11) is 0. The van der Waals surface area contributed by atoms with Crippen molar-refractivity contribution in [3.05, 3.63) is 28.0 Å². The van der Waals surface area contributed by atoms with Crippen LogP contribution in [0.5, 0.6) is 0 Å². The normalized spacial score (nSPS) is 13.8. The van der Waals surface area contributed by atoms with Gasteiger partial charge in [0.05, 0.1) is 5.39 Å². The van der Waals surface area contributed by atoms with Gasteiger partial charge >= 0.3 is 0 Å². The maximum Gasteiger partial charge on any atom is 0.226 e. The average molecular weight is 357 g/mol. The van der Waals surface area contributed by atoms with Crippen LogP contribution in [-0.4, -0.2) is 26.7 Å². The number of fused-ring (bicyclic) bond motifs is 3. The Morgan fingerprint density at radius 3 is 2.88 bits per heavy atom. The molecule has 7 heteroatoms. The molecule has 0 aromatic carbocycles. The van der Waals surface area contributed by atoms with Crippen LogP contribution in [0.2, 0.25) is 0 Å². The van der Waals surface area contributed by atoms with Gasteiger partial charge in [-0.2, -0.15) is 4.98 Å². The van der Waals surface area contributed by atoms with Crippen molar-refractivity contribution in [3.8, 4) is 0 Å². The van der Waals surface area contributed by atoms with Crippen LogP contribution in [0.15, 0.2) is 4.52 Å². The van der Waals surface area contributed by atoms with Gasteiger partial charge in [-0.25, -0.2) is 9.97 Å². The molecular formula is C18H23N5OS. The molecular weight excluding hydrogens is 334 g/mol. The summed E-state index contributed by atoms with van der Waals surface area (Å²) in [5.74, 6) is 3.60. The van der Waals surface area contributed by atoms with Crippen LogP contribution in [0.1, 0.15) is 60.6 Å². The van der Waals surface area contributed by atoms with E-state index < -0.39 is 0 Å². The Morgan fingerprint density at radius 2 is 2.08 bits per heavy atom. The summed E-state index contributed by atoms with van der Waals surface area (Å²) in [5, 5.41) is 8.76. The van der Waals surface area contributed by atoms with Crippen LogP contribution >= 0.6 is 11.3 Å². The van der Waals surface area contributed by atoms with E-state index in [1.807, 2.05) is 18.3 Å². The van der Waals surface area contributed by atoms with E-state index in [0.717, 1.165) is 48.1 Å². The fourth-order valence-electron chi connectivity index (χ4n) is 3.28. The first-order valence-corrected chi connectivity index (χ1v) is 9.78. The molecule has 0 atom stereocenters. The van der Waals surface area contributed by atoms with Crippen molar-refractivity contribution in [2.45, 2.75) is 58.8 Å². The zero-order valence-corrected chi connectivity index (χ0v) is 15.7. The Labute approximate surface area is 151 Å². The Kier molecular flexibility index (Phi) is 4.41. The van der Waals surface area contributed by atoms with Crippen molar-refractivity contribution in [1.29, 1.82) is 0 Å². The van der Waals surface area contributed by atoms with Crippen molar-refractivity contribution in [3.63, 3.8) is 0 Å². The molecule has 1 aliphatic rings. The molecule has 6 nitrogen and oxygen atoms in total. The van der Waals surface area contributed by atoms with Crippen LogP contribution < -0.4 is 5.32 Å². The van der Waals surface area contributed by atoms with Gasteiger partial charge in [0.15, 0.2) is 5.82 Å². The van der Waals surface area contributed by atoms with Gasteiger partial charge in [0, 0.05) is 23.8 Å². The maximum atomic E-state index is 5.30. The number of hydrogen-bond donors (Lipinski definition) is 1. The third-order valence-electron chi connectivity index (χ3n) is 4.54. The fourth-order valence-corrected chi connectivity index (χ4v) is 4.59. The van der Waals surface area contributed by atoms with Gasteiger partial charge in [-0.3, -0.25) is 0 Å². The highest BCUT2D eigenvalue weighted by atomic mass is 32.1. The highest BCUT2D eigenvalue weighted by Gasteiger charge is 2.21. The lowest BCUT2D eigenvalue weighted by Crippen LogP contribution is -2.07. The zero-order chi connectivity index (χ0) is 17.4. The molecule has 0 unspecified atom stereocenters. The van der Waals surface area contributed by atoms with Crippen LogP contribution in [0.3, 0.4) is 0 Å². The topological polar surface area (TPSA) is 76.7 Å². The molecule has 0 aliphatic heterocycles. The number of hydrogen-bond acceptors (Lipinski definition) is 7. The number of aryl methyl sites for hydroxylation is 4. The van der Waals surface area contributed by atoms with Gasteiger partial charge in [0.25, 0.3) is 0 Å². The first-order chi connectivity index (χ1) is 12.1. The van der Waals surface area contributed by atoms with Gasteiger partial charge < -0.3 is 9.84 Å². The van der Waals surface area contributed by atoms with Crippen LogP contribution in [0.4, 0.5) is 5.82 Å². The van der Waals surface area contributed by atoms with E-state index in [2.05, 4.69) is 39.3 Å². The van der Waals surface area contributed by atoms with Gasteiger partial charge in [0.2, 0.25) is 5.89 Å². The molecule has 0 fully saturated rings. The van der Waals surface area contributed by atoms with Crippen LogP contribution in [0.25, 0.3) is 10.2 Å². The number of rotatable bonds is 6. The molecule has 0 amide bonds. The number of thiophene rings is 1. The summed E-state index contributed by atoms with van der Waals surface area (Å²) in [6.45, 7) is 6.92. The van der Waals surface area contributed by atoms with E-state index in [1.165, 1.54) is 28.7 Å². The van der Waals surface area contributed by atoms with E-state index in [-0.39, 0.29) is 0 Å². The van der Waals surface area contributed by atoms with Crippen molar-refractivity contribution in [1.82, 2.24) is 20.1 Å². The Hall–Kier alpha value is -2.02. The van der Waals surface area contributed by atoms with Crippen molar-refractivity contribution < 1.29 is 4.52 Å². The third-order valence-corrected chi connectivity index (χ3v) is 5.72. The molecule has 132 valence electrons. The smallest absolute Gasteiger partial charge is 0.226 e. The average Bonchev–Trinajstić information content (AvgIpc) is 3.26. The first kappa shape index (κ1) is 16.4. The standard InChI is InChI=1S/C18H23N5OS/c1-10(2)16-22-14(24-23-16)8-5-9-19-17-15-12-6-4-7-13(12)25-18(15)21-11(3)20-17/h10H,4-9H2,1-3H3,(H,19,20,21). The quantitative estimate of drug-likeness (QED) is 0.671. The predicted molar refractivity (Wildman–Crippen MR) is 99.4 cm³/mol. The molecule has 25 heavy (non-hydrogen) atoms. The van der Waals surface area contributed by atoms with Gasteiger partial charge in [-0.15, -0.1) is 11.3 Å². The van der Waals surface area contributed by atoms with E-state index in [4.69, 9.17) is 4.52 Å². The minimum absolute atomic E-state index is 0.300. The summed E-state index contributed by atoms with van der Waals surface area (Å²) < 4.78 is 5.30. The molecule has 3 aromatic heterocycles. The highest BCUT2D eigenvalue weighted by molar-refractivity contribution is 7.19. The minimum atomic E-state index is 0.300. The molecule has 1 N–H and O–H groups in total. The van der Waals surface area contributed by atoms with Crippen LogP contribution in [0, 0.1) is 6.92 Å². The monoisotopic (exact) mass is 357 g/mol.